The number of nitrogens with zero attached hydrogens (tertiary/aromatic N) is 3. The fourth-order valence-electron chi connectivity index (χ4n) is 5.52. The largest absolute Gasteiger partial charge is 0.474 e. The van der Waals surface area contributed by atoms with Crippen molar-refractivity contribution < 1.29 is 9.47 Å². The number of hydrogen-bond donors (Lipinski definition) is 1. The van der Waals surface area contributed by atoms with Gasteiger partial charge in [-0.25, -0.2) is 9.98 Å². The fraction of sp³-hybridized carbons (Fsp3) is 0.727. The van der Waals surface area contributed by atoms with E-state index >= 15 is 0 Å². The average molecular weight is 385 g/mol. The van der Waals surface area contributed by atoms with Crippen LogP contribution in [0.3, 0.4) is 0 Å². The molecule has 1 aromatic rings. The van der Waals surface area contributed by atoms with Gasteiger partial charge in [-0.05, 0) is 57.1 Å². The molecule has 1 aromatic heterocycles. The van der Waals surface area contributed by atoms with E-state index in [0.29, 0.717) is 36.7 Å². The van der Waals surface area contributed by atoms with Crippen molar-refractivity contribution in [2.75, 3.05) is 19.6 Å². The highest BCUT2D eigenvalue weighted by atomic mass is 16.5. The van der Waals surface area contributed by atoms with Gasteiger partial charge < -0.3 is 19.7 Å². The SMILES string of the molecule is CCNC(=NCc1ccnc(OC2CCCC2)c1)N1CC2C3CCC(O3)C2C1. The van der Waals surface area contributed by atoms with Crippen molar-refractivity contribution in [3.8, 4) is 5.88 Å². The van der Waals surface area contributed by atoms with Gasteiger partial charge in [0, 0.05) is 43.7 Å². The molecule has 3 aliphatic heterocycles. The molecule has 3 saturated heterocycles. The molecular weight excluding hydrogens is 352 g/mol. The fourth-order valence-corrected chi connectivity index (χ4v) is 5.52. The van der Waals surface area contributed by atoms with Crippen LogP contribution < -0.4 is 10.1 Å². The van der Waals surface area contributed by atoms with E-state index in [4.69, 9.17) is 14.5 Å². The summed E-state index contributed by atoms with van der Waals surface area (Å²) in [6.45, 7) is 5.83. The average Bonchev–Trinajstić information content (AvgIpc) is 3.48. The summed E-state index contributed by atoms with van der Waals surface area (Å²) in [5.41, 5.74) is 1.15. The zero-order valence-electron chi connectivity index (χ0n) is 16.8. The van der Waals surface area contributed by atoms with E-state index in [1.54, 1.807) is 0 Å². The first-order valence-corrected chi connectivity index (χ1v) is 11.1. The number of fused-ring (bicyclic) bond motifs is 5. The zero-order valence-corrected chi connectivity index (χ0v) is 16.8. The van der Waals surface area contributed by atoms with Crippen LogP contribution in [-0.2, 0) is 11.3 Å². The van der Waals surface area contributed by atoms with Crippen molar-refractivity contribution in [3.63, 3.8) is 0 Å². The molecule has 0 amide bonds. The Kier molecular flexibility index (Phi) is 5.14. The lowest BCUT2D eigenvalue weighted by Gasteiger charge is -2.23. The molecule has 4 unspecified atom stereocenters. The number of pyridine rings is 1. The van der Waals surface area contributed by atoms with Crippen molar-refractivity contribution >= 4 is 5.96 Å². The van der Waals surface area contributed by atoms with Crippen LogP contribution in [0.2, 0.25) is 0 Å². The Morgan fingerprint density at radius 3 is 2.68 bits per heavy atom. The van der Waals surface area contributed by atoms with Gasteiger partial charge in [0.1, 0.15) is 6.10 Å². The van der Waals surface area contributed by atoms with Crippen LogP contribution in [-0.4, -0.2) is 53.8 Å². The van der Waals surface area contributed by atoms with E-state index < -0.39 is 0 Å². The molecule has 1 aliphatic carbocycles. The third-order valence-corrected chi connectivity index (χ3v) is 6.89. The van der Waals surface area contributed by atoms with Gasteiger partial charge in [-0.1, -0.05) is 0 Å². The molecule has 28 heavy (non-hydrogen) atoms. The van der Waals surface area contributed by atoms with Crippen molar-refractivity contribution in [2.24, 2.45) is 16.8 Å². The molecule has 4 heterocycles. The number of rotatable bonds is 5. The van der Waals surface area contributed by atoms with E-state index in [1.807, 2.05) is 12.3 Å². The summed E-state index contributed by atoms with van der Waals surface area (Å²) in [5.74, 6) is 3.16. The van der Waals surface area contributed by atoms with Crippen molar-refractivity contribution in [3.05, 3.63) is 23.9 Å². The highest BCUT2D eigenvalue weighted by Crippen LogP contribution is 2.47. The minimum atomic E-state index is 0.338. The summed E-state index contributed by atoms with van der Waals surface area (Å²) in [5, 5.41) is 3.50. The molecule has 4 fully saturated rings. The molecule has 6 nitrogen and oxygen atoms in total. The first-order valence-electron chi connectivity index (χ1n) is 11.1. The van der Waals surface area contributed by atoms with Crippen LogP contribution >= 0.6 is 0 Å². The Hall–Kier alpha value is -1.82. The summed E-state index contributed by atoms with van der Waals surface area (Å²) < 4.78 is 12.2. The predicted octanol–water partition coefficient (Wildman–Crippen LogP) is 2.98. The van der Waals surface area contributed by atoms with Crippen LogP contribution in [0.15, 0.2) is 23.3 Å². The van der Waals surface area contributed by atoms with Gasteiger partial charge in [0.05, 0.1) is 18.8 Å². The monoisotopic (exact) mass is 384 g/mol. The van der Waals surface area contributed by atoms with Gasteiger partial charge in [-0.3, -0.25) is 0 Å². The smallest absolute Gasteiger partial charge is 0.213 e. The molecule has 1 saturated carbocycles. The lowest BCUT2D eigenvalue weighted by atomic mass is 9.82. The Labute approximate surface area is 167 Å². The topological polar surface area (TPSA) is 59.0 Å². The molecule has 0 aromatic carbocycles. The van der Waals surface area contributed by atoms with E-state index in [-0.39, 0.29) is 0 Å². The summed E-state index contributed by atoms with van der Waals surface area (Å²) in [7, 11) is 0. The predicted molar refractivity (Wildman–Crippen MR) is 108 cm³/mol. The van der Waals surface area contributed by atoms with Gasteiger partial charge in [-0.15, -0.1) is 0 Å². The second kappa shape index (κ2) is 7.90. The van der Waals surface area contributed by atoms with E-state index in [2.05, 4.69) is 28.2 Å². The van der Waals surface area contributed by atoms with Gasteiger partial charge in [0.2, 0.25) is 5.88 Å². The third-order valence-electron chi connectivity index (χ3n) is 6.89. The number of aliphatic imine (C=N–C) groups is 1. The van der Waals surface area contributed by atoms with E-state index in [0.717, 1.165) is 49.9 Å². The highest BCUT2D eigenvalue weighted by Gasteiger charge is 2.53. The van der Waals surface area contributed by atoms with Crippen molar-refractivity contribution in [1.82, 2.24) is 15.2 Å². The van der Waals surface area contributed by atoms with Crippen LogP contribution in [0.4, 0.5) is 0 Å². The molecule has 1 N–H and O–H groups in total. The van der Waals surface area contributed by atoms with Crippen LogP contribution in [0.25, 0.3) is 0 Å². The van der Waals surface area contributed by atoms with Gasteiger partial charge >= 0.3 is 0 Å². The van der Waals surface area contributed by atoms with Gasteiger partial charge in [-0.2, -0.15) is 0 Å². The molecular formula is C22H32N4O2. The summed E-state index contributed by atoms with van der Waals surface area (Å²) in [6.07, 6.45) is 10.5. The molecule has 0 spiro atoms. The highest BCUT2D eigenvalue weighted by molar-refractivity contribution is 5.80. The normalized spacial score (nSPS) is 32.2. The number of likely N-dealkylation sites (tertiary alicyclic amines) is 1. The Balaban J connectivity index is 1.24. The molecule has 4 aliphatic rings. The number of nitrogens with one attached hydrogen (secondary N) is 1. The molecule has 0 radical (unpaired) electrons. The number of guanidine groups is 1. The maximum atomic E-state index is 6.12. The lowest BCUT2D eigenvalue weighted by molar-refractivity contribution is 0.0767. The maximum absolute atomic E-state index is 6.12. The quantitative estimate of drug-likeness (QED) is 0.625. The molecule has 6 heteroatoms. The Morgan fingerprint density at radius 2 is 1.96 bits per heavy atom. The summed E-state index contributed by atoms with van der Waals surface area (Å²) in [4.78, 5) is 11.8. The Bertz CT molecular complexity index is 700. The van der Waals surface area contributed by atoms with Crippen molar-refractivity contribution in [1.29, 1.82) is 0 Å². The summed E-state index contributed by atoms with van der Waals surface area (Å²) in [6, 6.07) is 4.10. The minimum absolute atomic E-state index is 0.338. The first-order chi connectivity index (χ1) is 13.8. The minimum Gasteiger partial charge on any atom is -0.474 e. The number of hydrogen-bond acceptors (Lipinski definition) is 4. The second-order valence-electron chi connectivity index (χ2n) is 8.72. The number of aromatic nitrogens is 1. The summed E-state index contributed by atoms with van der Waals surface area (Å²) >= 11 is 0. The van der Waals surface area contributed by atoms with Crippen LogP contribution in [0.1, 0.15) is 51.0 Å². The molecule has 2 bridgehead atoms. The van der Waals surface area contributed by atoms with E-state index in [9.17, 15) is 0 Å². The second-order valence-corrected chi connectivity index (χ2v) is 8.72. The number of ether oxygens (including phenoxy) is 2. The van der Waals surface area contributed by atoms with Crippen molar-refractivity contribution in [2.45, 2.75) is 70.3 Å². The van der Waals surface area contributed by atoms with Crippen LogP contribution in [0, 0.1) is 11.8 Å². The maximum Gasteiger partial charge on any atom is 0.213 e. The standard InChI is InChI=1S/C22H32N4O2/c1-2-23-22(26-13-17-18(14-26)20-8-7-19(17)28-20)25-12-15-9-10-24-21(11-15)27-16-5-3-4-6-16/h9-11,16-20H,2-8,12-14H2,1H3,(H,23,25). The first kappa shape index (κ1) is 18.2. The zero-order chi connectivity index (χ0) is 18.9. The van der Waals surface area contributed by atoms with Gasteiger partial charge in [0.15, 0.2) is 5.96 Å². The lowest BCUT2D eigenvalue weighted by Crippen LogP contribution is -2.41. The molecule has 5 rings (SSSR count). The Morgan fingerprint density at radius 1 is 1.21 bits per heavy atom. The van der Waals surface area contributed by atoms with Crippen LogP contribution in [0.5, 0.6) is 5.88 Å². The molecule has 152 valence electrons. The molecule has 4 atom stereocenters. The third kappa shape index (κ3) is 3.59. The van der Waals surface area contributed by atoms with E-state index in [1.165, 1.54) is 25.7 Å². The van der Waals surface area contributed by atoms with Gasteiger partial charge in [0.25, 0.3) is 0 Å².